The second kappa shape index (κ2) is 29.0. The van der Waals surface area contributed by atoms with Crippen LogP contribution in [0.1, 0.15) is 129 Å². The van der Waals surface area contributed by atoms with Gasteiger partial charge in [-0.05, 0) is 32.1 Å². The van der Waals surface area contributed by atoms with E-state index in [0.717, 1.165) is 64.2 Å². The molecule has 1 N–H and O–H groups in total. The lowest BCUT2D eigenvalue weighted by molar-refractivity contribution is -0.887. The first-order chi connectivity index (χ1) is 21.6. The summed E-state index contributed by atoms with van der Waals surface area (Å²) >= 11 is 0. The van der Waals surface area contributed by atoms with Gasteiger partial charge in [-0.1, -0.05) is 115 Å². The van der Waals surface area contributed by atoms with E-state index in [1.165, 1.54) is 32.1 Å². The molecule has 0 bridgehead atoms. The van der Waals surface area contributed by atoms with Crippen LogP contribution in [0.4, 0.5) is 0 Å². The van der Waals surface area contributed by atoms with Crippen LogP contribution >= 0.6 is 0 Å². The largest absolute Gasteiger partial charge is 0.477 e. The third kappa shape index (κ3) is 27.6. The zero-order valence-corrected chi connectivity index (χ0v) is 29.3. The molecule has 0 spiro atoms. The van der Waals surface area contributed by atoms with E-state index in [1.54, 1.807) is 0 Å². The van der Waals surface area contributed by atoms with Crippen LogP contribution in [0.15, 0.2) is 36.5 Å². The highest BCUT2D eigenvalue weighted by Gasteiger charge is 2.31. The van der Waals surface area contributed by atoms with Crippen LogP contribution in [-0.2, 0) is 28.6 Å². The first kappa shape index (κ1) is 42.6. The van der Waals surface area contributed by atoms with Crippen LogP contribution in [0.5, 0.6) is 0 Å². The van der Waals surface area contributed by atoms with Gasteiger partial charge in [0.05, 0.1) is 34.4 Å². The number of hydrogen-bond donors (Lipinski definition) is 1. The first-order valence-electron chi connectivity index (χ1n) is 17.6. The van der Waals surface area contributed by atoms with Crippen molar-refractivity contribution in [2.45, 2.75) is 142 Å². The maximum atomic E-state index is 12.5. The number of hydrogen-bond acceptors (Lipinski definition) is 6. The summed E-state index contributed by atoms with van der Waals surface area (Å²) in [6, 6.07) is -0.614. The fraction of sp³-hybridized carbons (Fsp3) is 0.757. The maximum Gasteiger partial charge on any atom is 0.362 e. The zero-order valence-electron chi connectivity index (χ0n) is 29.3. The van der Waals surface area contributed by atoms with Crippen LogP contribution < -0.4 is 0 Å². The number of ether oxygens (including phenoxy) is 3. The van der Waals surface area contributed by atoms with Crippen LogP contribution in [0.2, 0.25) is 0 Å². The molecule has 8 heteroatoms. The summed E-state index contributed by atoms with van der Waals surface area (Å²) in [6.07, 6.45) is 29.1. The lowest BCUT2D eigenvalue weighted by atomic mass is 10.1. The minimum atomic E-state index is -0.881. The van der Waals surface area contributed by atoms with Crippen molar-refractivity contribution in [3.8, 4) is 0 Å². The molecule has 0 radical (unpaired) electrons. The molecular formula is C37H66NO7+. The molecule has 0 aromatic rings. The van der Waals surface area contributed by atoms with E-state index in [4.69, 9.17) is 14.2 Å². The molecule has 260 valence electrons. The van der Waals surface area contributed by atoms with E-state index in [-0.39, 0.29) is 36.2 Å². The highest BCUT2D eigenvalue weighted by molar-refractivity contribution is 5.72. The number of allylic oxidation sites excluding steroid dienone is 6. The van der Waals surface area contributed by atoms with E-state index < -0.39 is 18.1 Å². The molecule has 0 aromatic carbocycles. The van der Waals surface area contributed by atoms with Gasteiger partial charge in [-0.15, -0.1) is 0 Å². The third-order valence-electron chi connectivity index (χ3n) is 7.62. The fourth-order valence-electron chi connectivity index (χ4n) is 4.85. The molecule has 8 nitrogen and oxygen atoms in total. The number of carboxylic acid groups (broad SMARTS) is 1. The summed E-state index contributed by atoms with van der Waals surface area (Å²) < 4.78 is 17.1. The van der Waals surface area contributed by atoms with Gasteiger partial charge in [0.25, 0.3) is 0 Å². The predicted molar refractivity (Wildman–Crippen MR) is 183 cm³/mol. The minimum absolute atomic E-state index is 0.0552. The van der Waals surface area contributed by atoms with Gasteiger partial charge >= 0.3 is 17.9 Å². The van der Waals surface area contributed by atoms with Crippen molar-refractivity contribution in [2.24, 2.45) is 0 Å². The second-order valence-electron chi connectivity index (χ2n) is 12.8. The van der Waals surface area contributed by atoms with Gasteiger partial charge in [0.2, 0.25) is 0 Å². The van der Waals surface area contributed by atoms with E-state index >= 15 is 0 Å². The molecule has 0 rings (SSSR count). The average molecular weight is 637 g/mol. The van der Waals surface area contributed by atoms with Crippen molar-refractivity contribution >= 4 is 17.9 Å². The number of nitrogens with zero attached hydrogens (tertiary/aromatic N) is 1. The number of carboxylic acids is 1. The number of rotatable bonds is 30. The molecule has 0 aliphatic rings. The predicted octanol–water partition coefficient (Wildman–Crippen LogP) is 8.35. The summed E-state index contributed by atoms with van der Waals surface area (Å²) in [5.41, 5.74) is 0. The Morgan fingerprint density at radius 2 is 1.24 bits per heavy atom. The average Bonchev–Trinajstić information content (AvgIpc) is 2.98. The Bertz CT molecular complexity index is 844. The minimum Gasteiger partial charge on any atom is -0.477 e. The summed E-state index contributed by atoms with van der Waals surface area (Å²) in [6.45, 7) is 4.52. The molecule has 2 atom stereocenters. The van der Waals surface area contributed by atoms with Gasteiger partial charge in [-0.25, -0.2) is 4.79 Å². The van der Waals surface area contributed by atoms with Gasteiger partial charge in [-0.2, -0.15) is 0 Å². The molecule has 0 fully saturated rings. The first-order valence-corrected chi connectivity index (χ1v) is 17.6. The summed E-state index contributed by atoms with van der Waals surface area (Å²) in [4.78, 5) is 36.6. The Hall–Kier alpha value is -2.45. The third-order valence-corrected chi connectivity index (χ3v) is 7.62. The van der Waals surface area contributed by atoms with Gasteiger partial charge in [-0.3, -0.25) is 9.59 Å². The molecule has 45 heavy (non-hydrogen) atoms. The summed E-state index contributed by atoms with van der Waals surface area (Å²) in [5, 5.41) is 9.54. The van der Waals surface area contributed by atoms with Crippen LogP contribution in [-0.4, -0.2) is 80.6 Å². The Morgan fingerprint density at radius 3 is 1.82 bits per heavy atom. The molecule has 0 heterocycles. The Labute approximate surface area is 274 Å². The number of aliphatic carboxylic acids is 1. The lowest BCUT2D eigenvalue weighted by Crippen LogP contribution is -2.50. The Kier molecular flexibility index (Phi) is 27.4. The van der Waals surface area contributed by atoms with Crippen molar-refractivity contribution < 1.29 is 38.2 Å². The molecule has 0 aliphatic carbocycles. The second-order valence-corrected chi connectivity index (χ2v) is 12.8. The van der Waals surface area contributed by atoms with Crippen LogP contribution in [0, 0.1) is 0 Å². The smallest absolute Gasteiger partial charge is 0.362 e. The number of esters is 2. The van der Waals surface area contributed by atoms with Crippen molar-refractivity contribution in [3.05, 3.63) is 36.5 Å². The molecule has 0 saturated heterocycles. The fourth-order valence-corrected chi connectivity index (χ4v) is 4.85. The van der Waals surface area contributed by atoms with Crippen molar-refractivity contribution in [2.75, 3.05) is 41.0 Å². The van der Waals surface area contributed by atoms with Gasteiger partial charge in [0.1, 0.15) is 6.61 Å². The van der Waals surface area contributed by atoms with Gasteiger partial charge < -0.3 is 23.8 Å². The summed E-state index contributed by atoms with van der Waals surface area (Å²) in [7, 11) is 5.50. The summed E-state index contributed by atoms with van der Waals surface area (Å²) in [5.74, 6) is -1.50. The number of unbranched alkanes of at least 4 members (excludes halogenated alkanes) is 12. The van der Waals surface area contributed by atoms with Crippen LogP contribution in [0.3, 0.4) is 0 Å². The van der Waals surface area contributed by atoms with Crippen LogP contribution in [0.25, 0.3) is 0 Å². The number of carbonyl (C=O) groups is 3. The van der Waals surface area contributed by atoms with E-state index in [0.29, 0.717) is 19.3 Å². The molecule has 0 aliphatic heterocycles. The highest BCUT2D eigenvalue weighted by Crippen LogP contribution is 2.13. The normalized spacial score (nSPS) is 13.5. The molecule has 2 unspecified atom stereocenters. The van der Waals surface area contributed by atoms with Crippen molar-refractivity contribution in [1.82, 2.24) is 0 Å². The van der Waals surface area contributed by atoms with E-state index in [9.17, 15) is 19.5 Å². The van der Waals surface area contributed by atoms with Gasteiger partial charge in [0.15, 0.2) is 12.1 Å². The lowest BCUT2D eigenvalue weighted by Gasteiger charge is -2.31. The van der Waals surface area contributed by atoms with E-state index in [1.807, 2.05) is 33.3 Å². The number of quaternary nitrogens is 1. The van der Waals surface area contributed by atoms with Gasteiger partial charge in [0, 0.05) is 19.3 Å². The Morgan fingerprint density at radius 1 is 0.689 bits per heavy atom. The monoisotopic (exact) mass is 636 g/mol. The SMILES string of the molecule is CC/C=C/C=C/C=C/CCCCCCCC(=O)OCC(COCCC(C(=O)O)[N+](C)(C)C)OC(=O)CCCCCCCCCC. The van der Waals surface area contributed by atoms with E-state index in [2.05, 4.69) is 38.2 Å². The molecule has 0 amide bonds. The van der Waals surface area contributed by atoms with Crippen molar-refractivity contribution in [1.29, 1.82) is 0 Å². The number of carbonyl (C=O) groups excluding carboxylic acids is 2. The molecular weight excluding hydrogens is 570 g/mol. The zero-order chi connectivity index (χ0) is 33.6. The Balaban J connectivity index is 4.47. The highest BCUT2D eigenvalue weighted by atomic mass is 16.6. The topological polar surface area (TPSA) is 99.1 Å². The molecule has 0 saturated carbocycles. The number of likely N-dealkylation sites (N-methyl/N-ethyl adjacent to an activating group) is 1. The molecule has 0 aromatic heterocycles. The maximum absolute atomic E-state index is 12.5. The standard InChI is InChI=1S/C37H65NO7/c1-6-8-10-12-14-16-17-18-19-20-22-23-25-27-35(39)44-32-33(31-43-30-29-34(37(41)42)38(3,4)5)45-36(40)28-26-24-21-15-13-11-9-7-2/h8,10,12,14,16-17,33-34H,6-7,9,11,13,15,18-32H2,1-5H3/p+1/b10-8+,14-12+,17-16+. The van der Waals surface area contributed by atoms with Crippen molar-refractivity contribution in [3.63, 3.8) is 0 Å². The quantitative estimate of drug-likeness (QED) is 0.0366.